The molecule has 0 aliphatic heterocycles. The van der Waals surface area contributed by atoms with Crippen LogP contribution in [0.15, 0.2) is 64.3 Å². The number of aromatic nitrogens is 1. The molecule has 1 atom stereocenters. The van der Waals surface area contributed by atoms with E-state index in [-0.39, 0.29) is 34.9 Å². The van der Waals surface area contributed by atoms with Gasteiger partial charge in [-0.25, -0.2) is 8.42 Å². The van der Waals surface area contributed by atoms with Crippen LogP contribution in [0.1, 0.15) is 40.3 Å². The van der Waals surface area contributed by atoms with Gasteiger partial charge in [-0.1, -0.05) is 24.3 Å². The molecule has 3 rings (SSSR count). The summed E-state index contributed by atoms with van der Waals surface area (Å²) < 4.78 is 69.9. The lowest BCUT2D eigenvalue weighted by Crippen LogP contribution is -2.32. The SMILES string of the molecule is COC[C@H](C)n1c(C(=O)NCc2ccc(S(C)(=O)=O)cc2)cc(=O)c(-c2cccc(C(F)(F)F)c2)c1C. The number of methoxy groups -OCH3 is 1. The van der Waals surface area contributed by atoms with Crippen molar-refractivity contribution in [2.45, 2.75) is 37.5 Å². The summed E-state index contributed by atoms with van der Waals surface area (Å²) in [6.07, 6.45) is -3.48. The second kappa shape index (κ2) is 10.9. The zero-order chi connectivity index (χ0) is 27.5. The summed E-state index contributed by atoms with van der Waals surface area (Å²) in [5, 5.41) is 2.72. The second-order valence-corrected chi connectivity index (χ2v) is 10.7. The first kappa shape index (κ1) is 28.1. The number of nitrogens with one attached hydrogen (secondary N) is 1. The van der Waals surface area contributed by atoms with Gasteiger partial charge in [-0.2, -0.15) is 13.2 Å². The predicted molar refractivity (Wildman–Crippen MR) is 133 cm³/mol. The van der Waals surface area contributed by atoms with Gasteiger partial charge in [0.05, 0.1) is 23.1 Å². The normalized spacial score (nSPS) is 12.8. The van der Waals surface area contributed by atoms with Crippen LogP contribution in [0.5, 0.6) is 0 Å². The quantitative estimate of drug-likeness (QED) is 0.461. The number of alkyl halides is 3. The Morgan fingerprint density at radius 1 is 1.11 bits per heavy atom. The van der Waals surface area contributed by atoms with Gasteiger partial charge >= 0.3 is 6.18 Å². The van der Waals surface area contributed by atoms with Gasteiger partial charge < -0.3 is 14.6 Å². The zero-order valence-electron chi connectivity index (χ0n) is 20.7. The first-order valence-corrected chi connectivity index (χ1v) is 13.1. The molecule has 1 N–H and O–H groups in total. The number of hydrogen-bond donors (Lipinski definition) is 1. The highest BCUT2D eigenvalue weighted by atomic mass is 32.2. The number of benzene rings is 2. The van der Waals surface area contributed by atoms with Crippen molar-refractivity contribution in [2.24, 2.45) is 0 Å². The minimum absolute atomic E-state index is 0.0236. The molecule has 1 amide bonds. The van der Waals surface area contributed by atoms with Crippen LogP contribution < -0.4 is 10.7 Å². The van der Waals surface area contributed by atoms with Crippen molar-refractivity contribution in [3.63, 3.8) is 0 Å². The number of pyridine rings is 1. The molecule has 1 aromatic heterocycles. The maximum absolute atomic E-state index is 13.3. The molecule has 0 unspecified atom stereocenters. The van der Waals surface area contributed by atoms with Crippen molar-refractivity contribution in [1.29, 1.82) is 0 Å². The van der Waals surface area contributed by atoms with Crippen molar-refractivity contribution < 1.29 is 31.1 Å². The number of rotatable bonds is 8. The third-order valence-electron chi connectivity index (χ3n) is 5.86. The lowest BCUT2D eigenvalue weighted by Gasteiger charge is -2.24. The van der Waals surface area contributed by atoms with Crippen molar-refractivity contribution in [3.8, 4) is 11.1 Å². The van der Waals surface area contributed by atoms with Crippen molar-refractivity contribution in [3.05, 3.63) is 87.3 Å². The van der Waals surface area contributed by atoms with Gasteiger partial charge in [-0.3, -0.25) is 9.59 Å². The van der Waals surface area contributed by atoms with E-state index >= 15 is 0 Å². The maximum Gasteiger partial charge on any atom is 0.416 e. The Hall–Kier alpha value is -3.44. The van der Waals surface area contributed by atoms with Crippen LogP contribution in [0.3, 0.4) is 0 Å². The van der Waals surface area contributed by atoms with Gasteiger partial charge in [-0.15, -0.1) is 0 Å². The Bertz CT molecular complexity index is 1460. The standard InChI is InChI=1S/C26H27F3N2O5S/c1-16(15-36-3)31-17(2)24(19-6-5-7-20(12-19)26(27,28)29)23(32)13-22(31)25(33)30-14-18-8-10-21(11-9-18)37(4,34)35/h5-13,16H,14-15H2,1-4H3,(H,30,33)/t16-/m0/s1. The molecule has 0 aliphatic rings. The molecule has 0 fully saturated rings. The first-order chi connectivity index (χ1) is 17.2. The van der Waals surface area contributed by atoms with Gasteiger partial charge in [0.25, 0.3) is 5.91 Å². The van der Waals surface area contributed by atoms with E-state index in [0.29, 0.717) is 11.3 Å². The minimum atomic E-state index is -4.58. The van der Waals surface area contributed by atoms with Gasteiger partial charge in [0.2, 0.25) is 0 Å². The number of hydrogen-bond acceptors (Lipinski definition) is 5. The van der Waals surface area contributed by atoms with Gasteiger partial charge in [0.1, 0.15) is 5.69 Å². The van der Waals surface area contributed by atoms with Gasteiger partial charge in [0.15, 0.2) is 15.3 Å². The van der Waals surface area contributed by atoms with E-state index in [4.69, 9.17) is 4.74 Å². The summed E-state index contributed by atoms with van der Waals surface area (Å²) >= 11 is 0. The largest absolute Gasteiger partial charge is 0.416 e. The molecule has 0 saturated heterocycles. The Labute approximate surface area is 212 Å². The molecule has 2 aromatic carbocycles. The summed E-state index contributed by atoms with van der Waals surface area (Å²) in [4.78, 5) is 26.4. The molecule has 37 heavy (non-hydrogen) atoms. The molecule has 1 heterocycles. The highest BCUT2D eigenvalue weighted by Gasteiger charge is 2.31. The lowest BCUT2D eigenvalue weighted by atomic mass is 9.99. The molecule has 7 nitrogen and oxygen atoms in total. The molecular weight excluding hydrogens is 509 g/mol. The Balaban J connectivity index is 2.02. The summed E-state index contributed by atoms with van der Waals surface area (Å²) in [6.45, 7) is 3.57. The highest BCUT2D eigenvalue weighted by Crippen LogP contribution is 2.32. The van der Waals surface area contributed by atoms with Crippen LogP contribution in [0.25, 0.3) is 11.1 Å². The second-order valence-electron chi connectivity index (χ2n) is 8.71. The number of sulfone groups is 1. The number of carbonyl (C=O) groups is 1. The van der Waals surface area contributed by atoms with E-state index in [9.17, 15) is 31.2 Å². The average molecular weight is 537 g/mol. The smallest absolute Gasteiger partial charge is 0.383 e. The molecule has 3 aromatic rings. The highest BCUT2D eigenvalue weighted by molar-refractivity contribution is 7.90. The molecule has 0 aliphatic carbocycles. The monoisotopic (exact) mass is 536 g/mol. The van der Waals surface area contributed by atoms with Crippen molar-refractivity contribution >= 4 is 15.7 Å². The Morgan fingerprint density at radius 3 is 2.32 bits per heavy atom. The minimum Gasteiger partial charge on any atom is -0.383 e. The van der Waals surface area contributed by atoms with Crippen LogP contribution in [-0.4, -0.2) is 38.9 Å². The molecule has 0 bridgehead atoms. The number of amides is 1. The molecular formula is C26H27F3N2O5S. The van der Waals surface area contributed by atoms with Gasteiger partial charge in [-0.05, 0) is 49.2 Å². The summed E-state index contributed by atoms with van der Waals surface area (Å²) in [7, 11) is -1.89. The number of carbonyl (C=O) groups excluding carboxylic acids is 1. The fourth-order valence-electron chi connectivity index (χ4n) is 4.13. The van der Waals surface area contributed by atoms with Crippen molar-refractivity contribution in [1.82, 2.24) is 9.88 Å². The fourth-order valence-corrected chi connectivity index (χ4v) is 4.76. The third kappa shape index (κ3) is 6.47. The summed E-state index contributed by atoms with van der Waals surface area (Å²) in [6, 6.07) is 11.2. The van der Waals surface area contributed by atoms with E-state index in [1.807, 2.05) is 0 Å². The summed E-state index contributed by atoms with van der Waals surface area (Å²) in [5.41, 5.74) is -0.355. The number of nitrogens with zero attached hydrogens (tertiary/aromatic N) is 1. The van der Waals surface area contributed by atoms with Crippen LogP contribution in [0.4, 0.5) is 13.2 Å². The Kier molecular flexibility index (Phi) is 8.28. The van der Waals surface area contributed by atoms with Crippen molar-refractivity contribution in [2.75, 3.05) is 20.0 Å². The Morgan fingerprint density at radius 2 is 1.76 bits per heavy atom. The molecule has 11 heteroatoms. The van der Waals surface area contributed by atoms with Crippen LogP contribution in [0, 0.1) is 6.92 Å². The maximum atomic E-state index is 13.3. The van der Waals surface area contributed by atoms with Gasteiger partial charge in [0, 0.05) is 37.2 Å². The average Bonchev–Trinajstić information content (AvgIpc) is 2.81. The fraction of sp³-hybridized carbons (Fsp3) is 0.308. The van der Waals surface area contributed by atoms with E-state index in [2.05, 4.69) is 5.32 Å². The van der Waals surface area contributed by atoms with Crippen LogP contribution in [-0.2, 0) is 27.3 Å². The van der Waals surface area contributed by atoms with E-state index < -0.39 is 39.0 Å². The van der Waals surface area contributed by atoms with Crippen LogP contribution >= 0.6 is 0 Å². The predicted octanol–water partition coefficient (Wildman–Crippen LogP) is 4.38. The zero-order valence-corrected chi connectivity index (χ0v) is 21.5. The third-order valence-corrected chi connectivity index (χ3v) is 6.99. The molecule has 0 spiro atoms. The van der Waals surface area contributed by atoms with Crippen LogP contribution in [0.2, 0.25) is 0 Å². The summed E-state index contributed by atoms with van der Waals surface area (Å²) in [5.74, 6) is -0.578. The van der Waals surface area contributed by atoms with E-state index in [1.54, 1.807) is 30.5 Å². The molecule has 198 valence electrons. The van der Waals surface area contributed by atoms with E-state index in [1.165, 1.54) is 31.4 Å². The molecule has 0 saturated carbocycles. The number of ether oxygens (including phenoxy) is 1. The molecule has 0 radical (unpaired) electrons. The topological polar surface area (TPSA) is 94.5 Å². The first-order valence-electron chi connectivity index (χ1n) is 11.2. The van der Waals surface area contributed by atoms with E-state index in [0.717, 1.165) is 24.5 Å². The number of halogens is 3. The lowest BCUT2D eigenvalue weighted by molar-refractivity contribution is -0.137.